The van der Waals surface area contributed by atoms with E-state index in [1.54, 1.807) is 19.1 Å². The molecule has 1 aliphatic rings. The molecule has 0 N–H and O–H groups in total. The summed E-state index contributed by atoms with van der Waals surface area (Å²) >= 11 is 6.22. The standard InChI is InChI=1S/C13H16ClNO3/c1-2-18-13(16)10-3-4-12(11(14)9-10)15-5-7-17-8-6-15/h3-4,9H,2,5-8H2,1H3. The third-order valence-electron chi connectivity index (χ3n) is 2.81. The van der Waals surface area contributed by atoms with E-state index in [-0.39, 0.29) is 5.97 Å². The van der Waals surface area contributed by atoms with Crippen molar-refractivity contribution >= 4 is 23.3 Å². The molecule has 1 heterocycles. The van der Waals surface area contributed by atoms with Crippen molar-refractivity contribution in [3.8, 4) is 0 Å². The maximum absolute atomic E-state index is 11.6. The van der Waals surface area contributed by atoms with Gasteiger partial charge in [0.15, 0.2) is 0 Å². The minimum atomic E-state index is -0.340. The number of ether oxygens (including phenoxy) is 2. The molecule has 18 heavy (non-hydrogen) atoms. The highest BCUT2D eigenvalue weighted by atomic mass is 35.5. The number of carbonyl (C=O) groups is 1. The number of benzene rings is 1. The van der Waals surface area contributed by atoms with Crippen molar-refractivity contribution < 1.29 is 14.3 Å². The lowest BCUT2D eigenvalue weighted by molar-refractivity contribution is 0.0526. The van der Waals surface area contributed by atoms with Crippen LogP contribution in [0, 0.1) is 0 Å². The van der Waals surface area contributed by atoms with Crippen molar-refractivity contribution in [1.82, 2.24) is 0 Å². The topological polar surface area (TPSA) is 38.8 Å². The summed E-state index contributed by atoms with van der Waals surface area (Å²) in [7, 11) is 0. The summed E-state index contributed by atoms with van der Waals surface area (Å²) in [6.45, 7) is 5.19. The Bertz CT molecular complexity index is 430. The van der Waals surface area contributed by atoms with Crippen molar-refractivity contribution in [1.29, 1.82) is 0 Å². The van der Waals surface area contributed by atoms with Crippen molar-refractivity contribution in [3.63, 3.8) is 0 Å². The highest BCUT2D eigenvalue weighted by Crippen LogP contribution is 2.27. The first-order chi connectivity index (χ1) is 8.72. The zero-order valence-electron chi connectivity index (χ0n) is 10.3. The highest BCUT2D eigenvalue weighted by Gasteiger charge is 2.16. The summed E-state index contributed by atoms with van der Waals surface area (Å²) in [6, 6.07) is 5.26. The van der Waals surface area contributed by atoms with Gasteiger partial charge in [-0.15, -0.1) is 0 Å². The molecule has 1 saturated heterocycles. The van der Waals surface area contributed by atoms with E-state index in [1.807, 2.05) is 6.07 Å². The van der Waals surface area contributed by atoms with Crippen LogP contribution in [0.1, 0.15) is 17.3 Å². The van der Waals surface area contributed by atoms with E-state index in [0.717, 1.165) is 18.8 Å². The Labute approximate surface area is 111 Å². The Morgan fingerprint density at radius 2 is 2.17 bits per heavy atom. The molecule has 5 heteroatoms. The number of hydrogen-bond acceptors (Lipinski definition) is 4. The van der Waals surface area contributed by atoms with Gasteiger partial charge < -0.3 is 14.4 Å². The molecule has 1 aromatic carbocycles. The van der Waals surface area contributed by atoms with Crippen LogP contribution in [0.5, 0.6) is 0 Å². The fourth-order valence-corrected chi connectivity index (χ4v) is 2.21. The van der Waals surface area contributed by atoms with E-state index in [4.69, 9.17) is 21.1 Å². The first-order valence-electron chi connectivity index (χ1n) is 6.01. The number of nitrogens with zero attached hydrogens (tertiary/aromatic N) is 1. The van der Waals surface area contributed by atoms with E-state index in [0.29, 0.717) is 30.4 Å². The second-order valence-corrected chi connectivity index (χ2v) is 4.39. The SMILES string of the molecule is CCOC(=O)c1ccc(N2CCOCC2)c(Cl)c1. The summed E-state index contributed by atoms with van der Waals surface area (Å²) in [4.78, 5) is 13.7. The molecule has 0 unspecified atom stereocenters. The van der Waals surface area contributed by atoms with E-state index >= 15 is 0 Å². The van der Waals surface area contributed by atoms with Crippen LogP contribution in [0.2, 0.25) is 5.02 Å². The van der Waals surface area contributed by atoms with E-state index in [2.05, 4.69) is 4.90 Å². The molecule has 0 aliphatic carbocycles. The molecule has 1 fully saturated rings. The van der Waals surface area contributed by atoms with Crippen molar-refractivity contribution in [2.24, 2.45) is 0 Å². The molecule has 98 valence electrons. The lowest BCUT2D eigenvalue weighted by Gasteiger charge is -2.29. The van der Waals surface area contributed by atoms with Gasteiger partial charge in [0, 0.05) is 13.1 Å². The van der Waals surface area contributed by atoms with Gasteiger partial charge in [-0.1, -0.05) is 11.6 Å². The average molecular weight is 270 g/mol. The Hall–Kier alpha value is -1.26. The van der Waals surface area contributed by atoms with Crippen LogP contribution in [-0.4, -0.2) is 38.9 Å². The molecule has 1 aliphatic heterocycles. The molecule has 0 atom stereocenters. The molecule has 0 aromatic heterocycles. The van der Waals surface area contributed by atoms with Crippen molar-refractivity contribution in [2.75, 3.05) is 37.8 Å². The van der Waals surface area contributed by atoms with Gasteiger partial charge in [-0.25, -0.2) is 4.79 Å². The Kier molecular flexibility index (Phi) is 4.44. The highest BCUT2D eigenvalue weighted by molar-refractivity contribution is 6.33. The van der Waals surface area contributed by atoms with Gasteiger partial charge in [-0.3, -0.25) is 0 Å². The summed E-state index contributed by atoms with van der Waals surface area (Å²) in [5.74, 6) is -0.340. The summed E-state index contributed by atoms with van der Waals surface area (Å²) in [5.41, 5.74) is 1.42. The average Bonchev–Trinajstić information content (AvgIpc) is 2.40. The molecule has 0 saturated carbocycles. The molecule has 0 radical (unpaired) electrons. The normalized spacial score (nSPS) is 15.6. The summed E-state index contributed by atoms with van der Waals surface area (Å²) < 4.78 is 10.2. The van der Waals surface area contributed by atoms with Gasteiger partial charge in [0.25, 0.3) is 0 Å². The van der Waals surface area contributed by atoms with Gasteiger partial charge in [-0.2, -0.15) is 0 Å². The van der Waals surface area contributed by atoms with E-state index in [1.165, 1.54) is 0 Å². The molecule has 0 bridgehead atoms. The van der Waals surface area contributed by atoms with Gasteiger partial charge in [0.05, 0.1) is 36.1 Å². The molecular weight excluding hydrogens is 254 g/mol. The Morgan fingerprint density at radius 1 is 1.44 bits per heavy atom. The second-order valence-electron chi connectivity index (χ2n) is 3.99. The van der Waals surface area contributed by atoms with Crippen molar-refractivity contribution in [2.45, 2.75) is 6.92 Å². The first kappa shape index (κ1) is 13.2. The van der Waals surface area contributed by atoms with Gasteiger partial charge in [-0.05, 0) is 25.1 Å². The van der Waals surface area contributed by atoms with Crippen LogP contribution in [-0.2, 0) is 9.47 Å². The van der Waals surface area contributed by atoms with Crippen LogP contribution >= 0.6 is 11.6 Å². The number of hydrogen-bond donors (Lipinski definition) is 0. The predicted octanol–water partition coefficient (Wildman–Crippen LogP) is 2.35. The lowest BCUT2D eigenvalue weighted by Crippen LogP contribution is -2.36. The second kappa shape index (κ2) is 6.07. The lowest BCUT2D eigenvalue weighted by atomic mass is 10.2. The number of morpholine rings is 1. The largest absolute Gasteiger partial charge is 0.462 e. The van der Waals surface area contributed by atoms with Gasteiger partial charge in [0.1, 0.15) is 0 Å². The summed E-state index contributed by atoms with van der Waals surface area (Å²) in [6.07, 6.45) is 0. The Balaban J connectivity index is 2.16. The zero-order chi connectivity index (χ0) is 13.0. The first-order valence-corrected chi connectivity index (χ1v) is 6.39. The van der Waals surface area contributed by atoms with Gasteiger partial charge >= 0.3 is 5.97 Å². The van der Waals surface area contributed by atoms with E-state index < -0.39 is 0 Å². The van der Waals surface area contributed by atoms with Crippen LogP contribution in [0.25, 0.3) is 0 Å². The molecule has 1 aromatic rings. The quantitative estimate of drug-likeness (QED) is 0.790. The fourth-order valence-electron chi connectivity index (χ4n) is 1.91. The smallest absolute Gasteiger partial charge is 0.338 e. The van der Waals surface area contributed by atoms with Crippen LogP contribution in [0.3, 0.4) is 0 Å². The van der Waals surface area contributed by atoms with Gasteiger partial charge in [0.2, 0.25) is 0 Å². The zero-order valence-corrected chi connectivity index (χ0v) is 11.1. The fraction of sp³-hybridized carbons (Fsp3) is 0.462. The van der Waals surface area contributed by atoms with E-state index in [9.17, 15) is 4.79 Å². The van der Waals surface area contributed by atoms with Crippen molar-refractivity contribution in [3.05, 3.63) is 28.8 Å². The number of esters is 1. The summed E-state index contributed by atoms with van der Waals surface area (Å²) in [5, 5.41) is 0.572. The minimum absolute atomic E-state index is 0.340. The van der Waals surface area contributed by atoms with Crippen LogP contribution < -0.4 is 4.90 Å². The molecular formula is C13H16ClNO3. The number of rotatable bonds is 3. The maximum atomic E-state index is 11.6. The molecule has 4 nitrogen and oxygen atoms in total. The third-order valence-corrected chi connectivity index (χ3v) is 3.11. The number of halogens is 1. The Morgan fingerprint density at radius 3 is 2.78 bits per heavy atom. The number of anilines is 1. The monoisotopic (exact) mass is 269 g/mol. The maximum Gasteiger partial charge on any atom is 0.338 e. The predicted molar refractivity (Wildman–Crippen MR) is 70.4 cm³/mol. The molecule has 0 amide bonds. The minimum Gasteiger partial charge on any atom is -0.462 e. The molecule has 2 rings (SSSR count). The molecule has 0 spiro atoms. The van der Waals surface area contributed by atoms with Crippen LogP contribution in [0.15, 0.2) is 18.2 Å². The third kappa shape index (κ3) is 2.94. The number of carbonyl (C=O) groups excluding carboxylic acids is 1. The van der Waals surface area contributed by atoms with Crippen LogP contribution in [0.4, 0.5) is 5.69 Å².